The third kappa shape index (κ3) is 5.94. The molecule has 0 atom stereocenters. The van der Waals surface area contributed by atoms with Crippen LogP contribution < -0.4 is 0 Å². The zero-order valence-corrected chi connectivity index (χ0v) is 14.9. The molecular weight excluding hydrogens is 325 g/mol. The SMILES string of the molecule is COCCN(CCc1nc(-c2ccc(F)cc2)no1)C(=O)CC(C)C. The monoisotopic (exact) mass is 349 g/mol. The van der Waals surface area contributed by atoms with Gasteiger partial charge in [-0.1, -0.05) is 19.0 Å². The van der Waals surface area contributed by atoms with Gasteiger partial charge in [-0.2, -0.15) is 4.98 Å². The molecule has 0 unspecified atom stereocenters. The number of rotatable bonds is 9. The van der Waals surface area contributed by atoms with Gasteiger partial charge in [-0.3, -0.25) is 4.79 Å². The van der Waals surface area contributed by atoms with Crippen LogP contribution in [0.2, 0.25) is 0 Å². The lowest BCUT2D eigenvalue weighted by atomic mass is 10.1. The van der Waals surface area contributed by atoms with Gasteiger partial charge in [-0.15, -0.1) is 0 Å². The maximum absolute atomic E-state index is 13.0. The Balaban J connectivity index is 1.97. The molecule has 1 heterocycles. The molecule has 2 rings (SSSR count). The van der Waals surface area contributed by atoms with Crippen molar-refractivity contribution in [3.63, 3.8) is 0 Å². The molecule has 0 saturated carbocycles. The number of halogens is 1. The van der Waals surface area contributed by atoms with E-state index in [1.54, 1.807) is 24.1 Å². The summed E-state index contributed by atoms with van der Waals surface area (Å²) in [6, 6.07) is 5.90. The minimum Gasteiger partial charge on any atom is -0.383 e. The molecular formula is C18H24FN3O3. The van der Waals surface area contributed by atoms with Crippen molar-refractivity contribution in [2.45, 2.75) is 26.7 Å². The summed E-state index contributed by atoms with van der Waals surface area (Å²) in [4.78, 5) is 18.4. The van der Waals surface area contributed by atoms with Gasteiger partial charge in [0.05, 0.1) is 6.61 Å². The molecule has 0 aliphatic carbocycles. The average Bonchev–Trinajstić information content (AvgIpc) is 3.03. The van der Waals surface area contributed by atoms with Crippen molar-refractivity contribution in [1.29, 1.82) is 0 Å². The Hall–Kier alpha value is -2.28. The molecule has 0 aliphatic heterocycles. The second-order valence-electron chi connectivity index (χ2n) is 6.24. The van der Waals surface area contributed by atoms with E-state index < -0.39 is 0 Å². The number of hydrogen-bond donors (Lipinski definition) is 0. The fraction of sp³-hybridized carbons (Fsp3) is 0.500. The predicted octanol–water partition coefficient (Wildman–Crippen LogP) is 2.94. The van der Waals surface area contributed by atoms with Crippen molar-refractivity contribution in [1.82, 2.24) is 15.0 Å². The minimum atomic E-state index is -0.315. The molecule has 1 aromatic heterocycles. The van der Waals surface area contributed by atoms with Crippen LogP contribution in [0.15, 0.2) is 28.8 Å². The fourth-order valence-corrected chi connectivity index (χ4v) is 2.34. The average molecular weight is 349 g/mol. The second-order valence-corrected chi connectivity index (χ2v) is 6.24. The number of ether oxygens (including phenoxy) is 1. The van der Waals surface area contributed by atoms with E-state index >= 15 is 0 Å². The van der Waals surface area contributed by atoms with Crippen LogP contribution in [-0.4, -0.2) is 47.8 Å². The molecule has 6 nitrogen and oxygen atoms in total. The fourth-order valence-electron chi connectivity index (χ4n) is 2.34. The van der Waals surface area contributed by atoms with Crippen molar-refractivity contribution in [2.24, 2.45) is 5.92 Å². The van der Waals surface area contributed by atoms with E-state index in [1.165, 1.54) is 12.1 Å². The zero-order chi connectivity index (χ0) is 18.2. The molecule has 1 amide bonds. The number of carbonyl (C=O) groups is 1. The van der Waals surface area contributed by atoms with Crippen LogP contribution in [0.3, 0.4) is 0 Å². The summed E-state index contributed by atoms with van der Waals surface area (Å²) >= 11 is 0. The van der Waals surface area contributed by atoms with Gasteiger partial charge in [0.1, 0.15) is 5.82 Å². The third-order valence-electron chi connectivity index (χ3n) is 3.67. The molecule has 0 fully saturated rings. The first-order valence-corrected chi connectivity index (χ1v) is 8.35. The van der Waals surface area contributed by atoms with Gasteiger partial charge >= 0.3 is 0 Å². The maximum Gasteiger partial charge on any atom is 0.228 e. The second kappa shape index (κ2) is 9.27. The molecule has 0 aliphatic rings. The minimum absolute atomic E-state index is 0.0883. The van der Waals surface area contributed by atoms with Crippen molar-refractivity contribution >= 4 is 5.91 Å². The Morgan fingerprint density at radius 1 is 1.28 bits per heavy atom. The first kappa shape index (κ1) is 19.1. The number of carbonyl (C=O) groups excluding carboxylic acids is 1. The molecule has 0 bridgehead atoms. The number of methoxy groups -OCH3 is 1. The molecule has 2 aromatic rings. The lowest BCUT2D eigenvalue weighted by Gasteiger charge is -2.22. The summed E-state index contributed by atoms with van der Waals surface area (Å²) in [7, 11) is 1.61. The van der Waals surface area contributed by atoms with Crippen molar-refractivity contribution in [3.05, 3.63) is 36.0 Å². The zero-order valence-electron chi connectivity index (χ0n) is 14.9. The Labute approximate surface area is 147 Å². The molecule has 25 heavy (non-hydrogen) atoms. The van der Waals surface area contributed by atoms with Crippen LogP contribution in [0.1, 0.15) is 26.2 Å². The summed E-state index contributed by atoms with van der Waals surface area (Å²) in [6.07, 6.45) is 0.954. The third-order valence-corrected chi connectivity index (χ3v) is 3.67. The Morgan fingerprint density at radius 2 is 2.00 bits per heavy atom. The standard InChI is InChI=1S/C18H24FN3O3/c1-13(2)12-17(23)22(10-11-24-3)9-8-16-20-18(21-25-16)14-4-6-15(19)7-5-14/h4-7,13H,8-12H2,1-3H3. The molecule has 0 N–H and O–H groups in total. The summed E-state index contributed by atoms with van der Waals surface area (Å²) in [5.74, 6) is 0.923. The Bertz CT molecular complexity index is 670. The van der Waals surface area contributed by atoms with E-state index in [1.807, 2.05) is 13.8 Å². The van der Waals surface area contributed by atoms with Crippen LogP contribution in [0, 0.1) is 11.7 Å². The molecule has 1 aromatic carbocycles. The van der Waals surface area contributed by atoms with Gasteiger partial charge in [0, 0.05) is 38.6 Å². The van der Waals surface area contributed by atoms with Crippen LogP contribution in [0.5, 0.6) is 0 Å². The molecule has 136 valence electrons. The summed E-state index contributed by atoms with van der Waals surface area (Å²) in [5, 5.41) is 3.91. The van der Waals surface area contributed by atoms with Gasteiger partial charge in [-0.25, -0.2) is 4.39 Å². The van der Waals surface area contributed by atoms with E-state index in [9.17, 15) is 9.18 Å². The normalized spacial score (nSPS) is 11.1. The van der Waals surface area contributed by atoms with Crippen molar-refractivity contribution in [2.75, 3.05) is 26.8 Å². The topological polar surface area (TPSA) is 68.5 Å². The van der Waals surface area contributed by atoms with Crippen LogP contribution in [0.4, 0.5) is 4.39 Å². The molecule has 0 radical (unpaired) electrons. The van der Waals surface area contributed by atoms with E-state index in [2.05, 4.69) is 10.1 Å². The molecule has 0 saturated heterocycles. The van der Waals surface area contributed by atoms with E-state index in [-0.39, 0.29) is 11.7 Å². The summed E-state index contributed by atoms with van der Waals surface area (Å²) < 4.78 is 23.3. The van der Waals surface area contributed by atoms with Crippen LogP contribution >= 0.6 is 0 Å². The maximum atomic E-state index is 13.0. The number of hydrogen-bond acceptors (Lipinski definition) is 5. The summed E-state index contributed by atoms with van der Waals surface area (Å²) in [6.45, 7) is 5.52. The highest BCUT2D eigenvalue weighted by Gasteiger charge is 2.16. The number of amides is 1. The van der Waals surface area contributed by atoms with E-state index in [0.29, 0.717) is 55.7 Å². The highest BCUT2D eigenvalue weighted by Crippen LogP contribution is 2.16. The first-order chi connectivity index (χ1) is 12.0. The summed E-state index contributed by atoms with van der Waals surface area (Å²) in [5.41, 5.74) is 0.684. The number of benzene rings is 1. The first-order valence-electron chi connectivity index (χ1n) is 8.35. The largest absolute Gasteiger partial charge is 0.383 e. The molecule has 0 spiro atoms. The lowest BCUT2D eigenvalue weighted by Crippen LogP contribution is -2.36. The Kier molecular flexibility index (Phi) is 7.06. The molecule has 7 heteroatoms. The van der Waals surface area contributed by atoms with E-state index in [0.717, 1.165) is 0 Å². The quantitative estimate of drug-likeness (QED) is 0.696. The van der Waals surface area contributed by atoms with Crippen LogP contribution in [-0.2, 0) is 16.0 Å². The van der Waals surface area contributed by atoms with Crippen molar-refractivity contribution in [3.8, 4) is 11.4 Å². The van der Waals surface area contributed by atoms with Crippen molar-refractivity contribution < 1.29 is 18.4 Å². The Morgan fingerprint density at radius 3 is 2.64 bits per heavy atom. The van der Waals surface area contributed by atoms with Gasteiger partial charge < -0.3 is 14.2 Å². The number of nitrogens with zero attached hydrogens (tertiary/aromatic N) is 3. The highest BCUT2D eigenvalue weighted by molar-refractivity contribution is 5.76. The van der Waals surface area contributed by atoms with Crippen LogP contribution in [0.25, 0.3) is 11.4 Å². The lowest BCUT2D eigenvalue weighted by molar-refractivity contribution is -0.132. The van der Waals surface area contributed by atoms with Gasteiger partial charge in [0.15, 0.2) is 0 Å². The highest BCUT2D eigenvalue weighted by atomic mass is 19.1. The van der Waals surface area contributed by atoms with Gasteiger partial charge in [-0.05, 0) is 30.2 Å². The van der Waals surface area contributed by atoms with E-state index in [4.69, 9.17) is 9.26 Å². The smallest absolute Gasteiger partial charge is 0.228 e. The predicted molar refractivity (Wildman–Crippen MR) is 91.3 cm³/mol. The van der Waals surface area contributed by atoms with Gasteiger partial charge in [0.25, 0.3) is 0 Å². The van der Waals surface area contributed by atoms with Gasteiger partial charge in [0.2, 0.25) is 17.6 Å². The number of aromatic nitrogens is 2.